The van der Waals surface area contributed by atoms with E-state index in [0.29, 0.717) is 6.42 Å². The molecule has 0 aliphatic rings. The maximum Gasteiger partial charge on any atom is 0.472 e. The van der Waals surface area contributed by atoms with Crippen molar-refractivity contribution in [2.24, 2.45) is 5.73 Å². The Labute approximate surface area is 512 Å². The van der Waals surface area contributed by atoms with Crippen LogP contribution in [0.15, 0.2) is 97.2 Å². The Bertz CT molecular complexity index is 1680. The van der Waals surface area contributed by atoms with E-state index in [-0.39, 0.29) is 38.6 Å². The molecule has 0 aliphatic heterocycles. The lowest BCUT2D eigenvalue weighted by Crippen LogP contribution is -2.29. The van der Waals surface area contributed by atoms with Crippen molar-refractivity contribution in [3.63, 3.8) is 0 Å². The van der Waals surface area contributed by atoms with Gasteiger partial charge in [-0.15, -0.1) is 0 Å². The molecule has 0 aromatic heterocycles. The Kier molecular flexibility index (Phi) is 65.5. The number of carbonyl (C=O) groups is 2. The molecule has 0 fully saturated rings. The van der Waals surface area contributed by atoms with Crippen LogP contribution in [-0.2, 0) is 32.7 Å². The van der Waals surface area contributed by atoms with Gasteiger partial charge in [0.15, 0.2) is 6.10 Å². The van der Waals surface area contributed by atoms with Gasteiger partial charge in [0, 0.05) is 19.4 Å². The van der Waals surface area contributed by atoms with Gasteiger partial charge in [0.25, 0.3) is 0 Å². The highest BCUT2D eigenvalue weighted by molar-refractivity contribution is 7.47. The third-order valence-electron chi connectivity index (χ3n) is 15.0. The lowest BCUT2D eigenvalue weighted by atomic mass is 10.0. The van der Waals surface area contributed by atoms with E-state index in [1.54, 1.807) is 0 Å². The van der Waals surface area contributed by atoms with Gasteiger partial charge in [-0.3, -0.25) is 18.6 Å². The molecule has 9 nitrogen and oxygen atoms in total. The van der Waals surface area contributed by atoms with Crippen LogP contribution in [0.1, 0.15) is 322 Å². The fourth-order valence-corrected chi connectivity index (χ4v) is 10.6. The second kappa shape index (κ2) is 68.0. The van der Waals surface area contributed by atoms with Gasteiger partial charge in [-0.1, -0.05) is 310 Å². The van der Waals surface area contributed by atoms with E-state index in [1.807, 2.05) is 0 Å². The Morgan fingerprint density at radius 2 is 0.663 bits per heavy atom. The van der Waals surface area contributed by atoms with Crippen molar-refractivity contribution in [1.82, 2.24) is 0 Å². The number of allylic oxidation sites excluding steroid dienone is 16. The fraction of sp³-hybridized carbons (Fsp3) is 0.753. The van der Waals surface area contributed by atoms with Crippen LogP contribution in [0.2, 0.25) is 0 Å². The highest BCUT2D eigenvalue weighted by Gasteiger charge is 2.26. The minimum atomic E-state index is -4.40. The van der Waals surface area contributed by atoms with Crippen LogP contribution in [0.3, 0.4) is 0 Å². The zero-order valence-electron chi connectivity index (χ0n) is 53.9. The molecule has 0 spiro atoms. The summed E-state index contributed by atoms with van der Waals surface area (Å²) in [6.07, 6.45) is 92.1. The van der Waals surface area contributed by atoms with E-state index in [0.717, 1.165) is 83.5 Å². The standard InChI is InChI=1S/C73H130NO8P/c1-3-5-7-9-11-13-15-17-19-21-23-25-27-29-31-32-33-34-35-36-37-38-40-42-44-46-48-50-52-54-56-58-60-62-64-66-73(76)82-71(70-81-83(77,78)80-68-67-74)69-79-72(75)65-63-61-59-57-55-53-51-49-47-45-43-41-39-30-28-26-24-22-20-18-16-14-12-10-8-6-4-2/h5,7,11,13,17,19,22-25,29,31,33-34,36-37,71H,3-4,6,8-10,12,14-16,18,20-21,26-28,30,32,35,38-70,74H2,1-2H3,(H,77,78)/b7-5-,13-11-,19-17-,24-22-,25-23-,31-29-,34-33-,37-36-. The minimum absolute atomic E-state index is 0.0512. The van der Waals surface area contributed by atoms with Crippen LogP contribution >= 0.6 is 7.82 Å². The molecule has 2 unspecified atom stereocenters. The highest BCUT2D eigenvalue weighted by atomic mass is 31.2. The molecule has 0 heterocycles. The number of esters is 2. The smallest absolute Gasteiger partial charge is 0.462 e. The molecule has 2 atom stereocenters. The Morgan fingerprint density at radius 3 is 1.00 bits per heavy atom. The lowest BCUT2D eigenvalue weighted by molar-refractivity contribution is -0.161. The van der Waals surface area contributed by atoms with Crippen molar-refractivity contribution in [3.8, 4) is 0 Å². The Morgan fingerprint density at radius 1 is 0.373 bits per heavy atom. The lowest BCUT2D eigenvalue weighted by Gasteiger charge is -2.19. The summed E-state index contributed by atoms with van der Waals surface area (Å²) in [6.45, 7) is 3.67. The first-order valence-corrected chi connectivity index (χ1v) is 36.2. The average molecular weight is 1180 g/mol. The second-order valence-corrected chi connectivity index (χ2v) is 24.5. The third-order valence-corrected chi connectivity index (χ3v) is 15.9. The molecule has 3 N–H and O–H groups in total. The molecule has 0 rings (SSSR count). The van der Waals surface area contributed by atoms with Crippen LogP contribution in [-0.4, -0.2) is 49.3 Å². The van der Waals surface area contributed by atoms with Crippen molar-refractivity contribution in [2.75, 3.05) is 26.4 Å². The minimum Gasteiger partial charge on any atom is -0.462 e. The third kappa shape index (κ3) is 67.9. The number of hydrogen-bond donors (Lipinski definition) is 2. The summed E-state index contributed by atoms with van der Waals surface area (Å²) in [5, 5.41) is 0. The zero-order valence-corrected chi connectivity index (χ0v) is 54.8. The summed E-state index contributed by atoms with van der Waals surface area (Å²) in [5.74, 6) is -0.820. The number of carbonyl (C=O) groups excluding carboxylic acids is 2. The Hall–Kier alpha value is -3.07. The molecule has 0 aliphatic carbocycles. The quantitative estimate of drug-likeness (QED) is 0.0264. The van der Waals surface area contributed by atoms with Crippen LogP contribution in [0.25, 0.3) is 0 Å². The van der Waals surface area contributed by atoms with Gasteiger partial charge in [-0.05, 0) is 96.3 Å². The van der Waals surface area contributed by atoms with Crippen LogP contribution in [0, 0.1) is 0 Å². The molecule has 0 saturated carbocycles. The first-order valence-electron chi connectivity index (χ1n) is 34.7. The van der Waals surface area contributed by atoms with Crippen molar-refractivity contribution in [1.29, 1.82) is 0 Å². The van der Waals surface area contributed by atoms with Gasteiger partial charge in [0.2, 0.25) is 0 Å². The molecule has 0 bridgehead atoms. The van der Waals surface area contributed by atoms with Gasteiger partial charge in [-0.25, -0.2) is 4.57 Å². The summed E-state index contributed by atoms with van der Waals surface area (Å²) in [4.78, 5) is 35.4. The first-order chi connectivity index (χ1) is 40.8. The summed E-state index contributed by atoms with van der Waals surface area (Å²) >= 11 is 0. The number of phosphoric acid groups is 1. The summed E-state index contributed by atoms with van der Waals surface area (Å²) in [6, 6.07) is 0. The van der Waals surface area contributed by atoms with Gasteiger partial charge in [0.05, 0.1) is 13.2 Å². The molecule has 10 heteroatoms. The number of nitrogens with two attached hydrogens (primary N) is 1. The molecule has 0 aromatic rings. The summed E-state index contributed by atoms with van der Waals surface area (Å²) in [5.41, 5.74) is 5.40. The number of phosphoric ester groups is 1. The molecule has 0 aromatic carbocycles. The number of hydrogen-bond acceptors (Lipinski definition) is 8. The zero-order chi connectivity index (χ0) is 60.1. The number of rotatable bonds is 65. The molecule has 0 radical (unpaired) electrons. The van der Waals surface area contributed by atoms with Gasteiger partial charge in [-0.2, -0.15) is 0 Å². The predicted octanol–water partition coefficient (Wildman–Crippen LogP) is 22.7. The van der Waals surface area contributed by atoms with Crippen molar-refractivity contribution in [2.45, 2.75) is 328 Å². The number of ether oxygens (including phenoxy) is 2. The maximum absolute atomic E-state index is 12.8. The topological polar surface area (TPSA) is 134 Å². The fourth-order valence-electron chi connectivity index (χ4n) is 9.85. The van der Waals surface area contributed by atoms with Crippen LogP contribution < -0.4 is 5.73 Å². The predicted molar refractivity (Wildman–Crippen MR) is 358 cm³/mol. The van der Waals surface area contributed by atoms with E-state index < -0.39 is 26.5 Å². The average Bonchev–Trinajstić information content (AvgIpc) is 3.48. The molecular formula is C73H130NO8P. The monoisotopic (exact) mass is 1180 g/mol. The number of unbranched alkanes of at least 4 members (excludes halogenated alkanes) is 36. The van der Waals surface area contributed by atoms with Gasteiger partial charge >= 0.3 is 19.8 Å². The van der Waals surface area contributed by atoms with Gasteiger partial charge < -0.3 is 20.1 Å². The SMILES string of the molecule is CC/C=C\C/C=C\C/C=C\C/C=C\C/C=C\C/C=C\C/C=C\CCCCCCCCCCCCCCCC(=O)OC(COC(=O)CCCCCCCCCCCCCCCCC/C=C\CCCCCCCCCC)COP(=O)(O)OCCN. The summed E-state index contributed by atoms with van der Waals surface area (Å²) < 4.78 is 33.2. The van der Waals surface area contributed by atoms with E-state index in [4.69, 9.17) is 24.3 Å². The van der Waals surface area contributed by atoms with Gasteiger partial charge in [0.1, 0.15) is 6.61 Å². The largest absolute Gasteiger partial charge is 0.472 e. The molecule has 83 heavy (non-hydrogen) atoms. The molecule has 480 valence electrons. The molecular weight excluding hydrogens is 1050 g/mol. The van der Waals surface area contributed by atoms with E-state index in [9.17, 15) is 19.0 Å². The molecule has 0 amide bonds. The van der Waals surface area contributed by atoms with Crippen LogP contribution in [0.5, 0.6) is 0 Å². The van der Waals surface area contributed by atoms with Crippen molar-refractivity contribution < 1.29 is 37.6 Å². The van der Waals surface area contributed by atoms with E-state index in [1.165, 1.54) is 205 Å². The van der Waals surface area contributed by atoms with E-state index >= 15 is 0 Å². The normalized spacial score (nSPS) is 13.5. The summed E-state index contributed by atoms with van der Waals surface area (Å²) in [7, 11) is -4.40. The van der Waals surface area contributed by atoms with Crippen molar-refractivity contribution >= 4 is 19.8 Å². The Balaban J connectivity index is 3.89. The first kappa shape index (κ1) is 79.9. The molecule has 0 saturated heterocycles. The maximum atomic E-state index is 12.8. The second-order valence-electron chi connectivity index (χ2n) is 23.0. The highest BCUT2D eigenvalue weighted by Crippen LogP contribution is 2.43. The van der Waals surface area contributed by atoms with E-state index in [2.05, 4.69) is 111 Å². The van der Waals surface area contributed by atoms with Crippen molar-refractivity contribution in [3.05, 3.63) is 97.2 Å². The van der Waals surface area contributed by atoms with Crippen LogP contribution in [0.4, 0.5) is 0 Å².